The van der Waals surface area contributed by atoms with Crippen LogP contribution in [0.4, 0.5) is 11.4 Å². The van der Waals surface area contributed by atoms with Crippen LogP contribution < -0.4 is 4.90 Å². The summed E-state index contributed by atoms with van der Waals surface area (Å²) in [6.07, 6.45) is 0.804. The monoisotopic (exact) mass is 585 g/mol. The summed E-state index contributed by atoms with van der Waals surface area (Å²) < 4.78 is 0.870. The number of non-ortho nitro benzene ring substituents is 1. The van der Waals surface area contributed by atoms with Crippen molar-refractivity contribution >= 4 is 44.7 Å². The number of hydrogen-bond donors (Lipinski definition) is 2. The molecule has 0 fully saturated rings. The summed E-state index contributed by atoms with van der Waals surface area (Å²) in [6.45, 7) is 5.85. The molecule has 1 atom stereocenters. The number of amidine groups is 1. The molecule has 1 heterocycles. The first kappa shape index (κ1) is 26.6. The van der Waals surface area contributed by atoms with Gasteiger partial charge in [0.05, 0.1) is 10.6 Å². The highest BCUT2D eigenvalue weighted by Crippen LogP contribution is 2.52. The maximum atomic E-state index is 14.0. The standard InChI is InChI=1S/C31H28BrN3O4/c1-18-9-14-22(35(38)39)15-23(18)34-24-16-31(2,3)17-25(36)27(24)26(19-10-12-21(32)13-11-19)28(30(34)33)29(37)20-7-5-4-6-8-20/h4-15,26,33,37H,16-17H2,1-3H3/b29-28+,33-30?. The van der Waals surface area contributed by atoms with E-state index in [2.05, 4.69) is 15.9 Å². The van der Waals surface area contributed by atoms with Gasteiger partial charge in [-0.3, -0.25) is 25.2 Å². The number of nitro groups is 1. The van der Waals surface area contributed by atoms with Gasteiger partial charge in [0.15, 0.2) is 5.78 Å². The summed E-state index contributed by atoms with van der Waals surface area (Å²) in [5, 5.41) is 32.9. The Hall–Kier alpha value is -4.04. The van der Waals surface area contributed by atoms with Crippen LogP contribution in [0.5, 0.6) is 0 Å². The van der Waals surface area contributed by atoms with Gasteiger partial charge in [-0.25, -0.2) is 0 Å². The maximum absolute atomic E-state index is 14.0. The Kier molecular flexibility index (Phi) is 6.76. The second kappa shape index (κ2) is 9.93. The Balaban J connectivity index is 1.88. The fraction of sp³-hybridized carbons (Fsp3) is 0.226. The predicted octanol–water partition coefficient (Wildman–Crippen LogP) is 7.86. The van der Waals surface area contributed by atoms with Gasteiger partial charge in [0.1, 0.15) is 11.6 Å². The third kappa shape index (κ3) is 4.81. The van der Waals surface area contributed by atoms with E-state index in [0.717, 1.165) is 10.0 Å². The number of aliphatic hydroxyl groups is 1. The third-order valence-corrected chi connectivity index (χ3v) is 7.90. The molecule has 0 aromatic heterocycles. The molecule has 1 aliphatic heterocycles. The highest BCUT2D eigenvalue weighted by molar-refractivity contribution is 9.10. The first-order chi connectivity index (χ1) is 18.5. The molecule has 3 aromatic rings. The Morgan fingerprint density at radius 1 is 1.08 bits per heavy atom. The number of anilines is 1. The number of nitrogens with zero attached hydrogens (tertiary/aromatic N) is 2. The Labute approximate surface area is 235 Å². The molecule has 2 aliphatic rings. The van der Waals surface area contributed by atoms with Crippen molar-refractivity contribution in [3.63, 3.8) is 0 Å². The van der Waals surface area contributed by atoms with Gasteiger partial charge in [0, 0.05) is 51.4 Å². The highest BCUT2D eigenvalue weighted by Gasteiger charge is 2.47. The zero-order valence-corrected chi connectivity index (χ0v) is 23.5. The highest BCUT2D eigenvalue weighted by atomic mass is 79.9. The second-order valence-corrected chi connectivity index (χ2v) is 11.7. The molecule has 0 spiro atoms. The number of aryl methyl sites for hydroxylation is 1. The molecule has 0 saturated carbocycles. The normalized spacial score (nSPS) is 20.1. The smallest absolute Gasteiger partial charge is 0.271 e. The molecule has 1 unspecified atom stereocenters. The lowest BCUT2D eigenvalue weighted by Crippen LogP contribution is -2.45. The minimum absolute atomic E-state index is 0.0166. The van der Waals surface area contributed by atoms with E-state index in [9.17, 15) is 25.4 Å². The molecule has 5 rings (SSSR count). The lowest BCUT2D eigenvalue weighted by molar-refractivity contribution is -0.384. The number of Topliss-reactive ketones (excluding diaryl/α,β-unsaturated/α-hetero) is 1. The first-order valence-corrected chi connectivity index (χ1v) is 13.4. The summed E-state index contributed by atoms with van der Waals surface area (Å²) >= 11 is 3.48. The molecular weight excluding hydrogens is 558 g/mol. The van der Waals surface area contributed by atoms with Crippen LogP contribution in [0, 0.1) is 27.9 Å². The fourth-order valence-corrected chi connectivity index (χ4v) is 5.84. The van der Waals surface area contributed by atoms with Crippen molar-refractivity contribution in [2.45, 2.75) is 39.5 Å². The average molecular weight is 586 g/mol. The zero-order valence-electron chi connectivity index (χ0n) is 21.9. The van der Waals surface area contributed by atoms with Gasteiger partial charge in [-0.15, -0.1) is 0 Å². The van der Waals surface area contributed by atoms with Gasteiger partial charge < -0.3 is 5.11 Å². The third-order valence-electron chi connectivity index (χ3n) is 7.37. The van der Waals surface area contributed by atoms with Crippen LogP contribution >= 0.6 is 15.9 Å². The molecule has 3 aromatic carbocycles. The van der Waals surface area contributed by atoms with E-state index in [0.29, 0.717) is 40.9 Å². The van der Waals surface area contributed by atoms with Gasteiger partial charge in [0.2, 0.25) is 0 Å². The van der Waals surface area contributed by atoms with Gasteiger partial charge in [-0.2, -0.15) is 0 Å². The molecule has 39 heavy (non-hydrogen) atoms. The van der Waals surface area contributed by atoms with Crippen LogP contribution in [0.15, 0.2) is 94.1 Å². The fourth-order valence-electron chi connectivity index (χ4n) is 5.57. The summed E-state index contributed by atoms with van der Waals surface area (Å²) in [7, 11) is 0. The molecule has 8 heteroatoms. The van der Waals surface area contributed by atoms with Crippen LogP contribution in [-0.4, -0.2) is 21.6 Å². The van der Waals surface area contributed by atoms with E-state index in [4.69, 9.17) is 0 Å². The van der Waals surface area contributed by atoms with Crippen LogP contribution in [0.25, 0.3) is 5.76 Å². The van der Waals surface area contributed by atoms with Crippen molar-refractivity contribution in [1.82, 2.24) is 0 Å². The van der Waals surface area contributed by atoms with E-state index in [1.807, 2.05) is 51.1 Å². The maximum Gasteiger partial charge on any atom is 0.271 e. The van der Waals surface area contributed by atoms with Gasteiger partial charge >= 0.3 is 0 Å². The first-order valence-electron chi connectivity index (χ1n) is 12.6. The number of hydrogen-bond acceptors (Lipinski definition) is 5. The number of allylic oxidation sites excluding steroid dienone is 2. The molecule has 0 saturated heterocycles. The average Bonchev–Trinajstić information content (AvgIpc) is 2.88. The molecule has 198 valence electrons. The predicted molar refractivity (Wildman–Crippen MR) is 156 cm³/mol. The van der Waals surface area contributed by atoms with Crippen LogP contribution in [0.2, 0.25) is 0 Å². The number of carbonyl (C=O) groups excluding carboxylic acids is 1. The SMILES string of the molecule is Cc1ccc([N+](=O)[O-])cc1N1C(=N)/C(=C(/O)c2ccccc2)C(c2ccc(Br)cc2)C2=C1CC(C)(C)CC2=O. The number of aliphatic hydroxyl groups excluding tert-OH is 1. The van der Waals surface area contributed by atoms with E-state index in [-0.39, 0.29) is 34.1 Å². The summed E-state index contributed by atoms with van der Waals surface area (Å²) in [6, 6.07) is 21.0. The number of halogens is 1. The summed E-state index contributed by atoms with van der Waals surface area (Å²) in [5.41, 5.74) is 3.39. The molecule has 0 bridgehead atoms. The van der Waals surface area contributed by atoms with E-state index < -0.39 is 10.8 Å². The molecule has 7 nitrogen and oxygen atoms in total. The summed E-state index contributed by atoms with van der Waals surface area (Å²) in [5.74, 6) is -0.865. The van der Waals surface area contributed by atoms with Crippen LogP contribution in [-0.2, 0) is 4.79 Å². The quantitative estimate of drug-likeness (QED) is 0.184. The lowest BCUT2D eigenvalue weighted by Gasteiger charge is -2.45. The lowest BCUT2D eigenvalue weighted by atomic mass is 9.67. The second-order valence-electron chi connectivity index (χ2n) is 10.8. The number of ketones is 1. The van der Waals surface area contributed by atoms with Crippen LogP contribution in [0.3, 0.4) is 0 Å². The Morgan fingerprint density at radius 2 is 1.74 bits per heavy atom. The van der Waals surface area contributed by atoms with Crippen molar-refractivity contribution in [3.05, 3.63) is 121 Å². The summed E-state index contributed by atoms with van der Waals surface area (Å²) in [4.78, 5) is 26.8. The number of rotatable bonds is 4. The van der Waals surface area contributed by atoms with E-state index in [1.165, 1.54) is 12.1 Å². The number of benzene rings is 3. The van der Waals surface area contributed by atoms with Gasteiger partial charge in [-0.1, -0.05) is 78.3 Å². The molecule has 2 N–H and O–H groups in total. The Morgan fingerprint density at radius 3 is 2.38 bits per heavy atom. The molecular formula is C31H28BrN3O4. The molecule has 0 radical (unpaired) electrons. The number of nitro benzene ring substituents is 1. The zero-order chi connectivity index (χ0) is 28.1. The minimum atomic E-state index is -0.681. The van der Waals surface area contributed by atoms with E-state index >= 15 is 0 Å². The van der Waals surface area contributed by atoms with Crippen molar-refractivity contribution in [3.8, 4) is 0 Å². The molecule has 1 aliphatic carbocycles. The van der Waals surface area contributed by atoms with Gasteiger partial charge in [0.25, 0.3) is 5.69 Å². The van der Waals surface area contributed by atoms with Gasteiger partial charge in [-0.05, 0) is 42.0 Å². The van der Waals surface area contributed by atoms with Crippen molar-refractivity contribution < 1.29 is 14.8 Å². The van der Waals surface area contributed by atoms with Crippen molar-refractivity contribution in [2.75, 3.05) is 4.90 Å². The van der Waals surface area contributed by atoms with Crippen molar-refractivity contribution in [1.29, 1.82) is 5.41 Å². The Bertz CT molecular complexity index is 1570. The van der Waals surface area contributed by atoms with Crippen LogP contribution in [0.1, 0.15) is 49.3 Å². The number of nitrogens with one attached hydrogen (secondary N) is 1. The van der Waals surface area contributed by atoms with Crippen molar-refractivity contribution in [2.24, 2.45) is 5.41 Å². The topological polar surface area (TPSA) is 108 Å². The molecule has 0 amide bonds. The minimum Gasteiger partial charge on any atom is -0.507 e. The largest absolute Gasteiger partial charge is 0.507 e. The number of carbonyl (C=O) groups is 1. The van der Waals surface area contributed by atoms with E-state index in [1.54, 1.807) is 35.2 Å².